The number of nitrogens with zero attached hydrogens (tertiary/aromatic N) is 3. The molecule has 3 aromatic rings. The Morgan fingerprint density at radius 3 is 2.69 bits per heavy atom. The van der Waals surface area contributed by atoms with Crippen molar-refractivity contribution < 1.29 is 9.32 Å². The molecule has 26 heavy (non-hydrogen) atoms. The van der Waals surface area contributed by atoms with Crippen LogP contribution >= 0.6 is 15.9 Å². The van der Waals surface area contributed by atoms with Gasteiger partial charge in [0.15, 0.2) is 0 Å². The highest BCUT2D eigenvalue weighted by Gasteiger charge is 2.12. The van der Waals surface area contributed by atoms with E-state index in [0.717, 1.165) is 22.0 Å². The summed E-state index contributed by atoms with van der Waals surface area (Å²) in [6.07, 6.45) is 4.22. The Morgan fingerprint density at radius 2 is 2.00 bits per heavy atom. The Labute approximate surface area is 159 Å². The molecule has 7 nitrogen and oxygen atoms in total. The summed E-state index contributed by atoms with van der Waals surface area (Å²) in [6, 6.07) is 8.99. The van der Waals surface area contributed by atoms with Crippen molar-refractivity contribution in [2.45, 2.75) is 26.3 Å². The first-order chi connectivity index (χ1) is 12.5. The van der Waals surface area contributed by atoms with Crippen LogP contribution in [0.15, 0.2) is 51.7 Å². The summed E-state index contributed by atoms with van der Waals surface area (Å²) < 4.78 is 6.14. The van der Waals surface area contributed by atoms with E-state index in [0.29, 0.717) is 17.4 Å². The molecule has 0 saturated carbocycles. The molecule has 1 aromatic carbocycles. The van der Waals surface area contributed by atoms with Gasteiger partial charge in [-0.25, -0.2) is 4.79 Å². The van der Waals surface area contributed by atoms with E-state index in [1.54, 1.807) is 24.5 Å². The highest BCUT2D eigenvalue weighted by molar-refractivity contribution is 9.10. The number of rotatable bonds is 5. The quantitative estimate of drug-likeness (QED) is 0.640. The van der Waals surface area contributed by atoms with Gasteiger partial charge in [-0.3, -0.25) is 4.98 Å². The fraction of sp³-hybridized carbons (Fsp3) is 0.222. The van der Waals surface area contributed by atoms with Gasteiger partial charge in [-0.2, -0.15) is 4.98 Å². The predicted molar refractivity (Wildman–Crippen MR) is 103 cm³/mol. The van der Waals surface area contributed by atoms with Gasteiger partial charge in [-0.05, 0) is 59.6 Å². The van der Waals surface area contributed by atoms with Crippen molar-refractivity contribution in [3.05, 3.63) is 47.2 Å². The van der Waals surface area contributed by atoms with E-state index in [9.17, 15) is 4.79 Å². The Morgan fingerprint density at radius 1 is 1.23 bits per heavy atom. The third-order valence-electron chi connectivity index (χ3n) is 3.77. The van der Waals surface area contributed by atoms with Gasteiger partial charge in [0.1, 0.15) is 0 Å². The fourth-order valence-electron chi connectivity index (χ4n) is 2.18. The first kappa shape index (κ1) is 18.1. The highest BCUT2D eigenvalue weighted by atomic mass is 79.9. The van der Waals surface area contributed by atoms with Gasteiger partial charge in [-0.15, -0.1) is 0 Å². The van der Waals surface area contributed by atoms with Crippen molar-refractivity contribution in [2.75, 3.05) is 5.32 Å². The monoisotopic (exact) mass is 415 g/mol. The third kappa shape index (κ3) is 4.45. The average Bonchev–Trinajstić information content (AvgIpc) is 3.12. The van der Waals surface area contributed by atoms with E-state index in [-0.39, 0.29) is 12.1 Å². The van der Waals surface area contributed by atoms with Crippen LogP contribution < -0.4 is 10.6 Å². The third-order valence-corrected chi connectivity index (χ3v) is 4.20. The first-order valence-corrected chi connectivity index (χ1v) is 8.97. The van der Waals surface area contributed by atoms with Gasteiger partial charge in [0.05, 0.1) is 5.56 Å². The Kier molecular flexibility index (Phi) is 5.62. The van der Waals surface area contributed by atoms with E-state index in [4.69, 9.17) is 4.52 Å². The zero-order valence-electron chi connectivity index (χ0n) is 14.4. The van der Waals surface area contributed by atoms with Gasteiger partial charge in [0, 0.05) is 34.2 Å². The molecule has 0 aliphatic carbocycles. The maximum Gasteiger partial charge on any atom is 0.319 e. The van der Waals surface area contributed by atoms with E-state index in [1.807, 2.05) is 32.0 Å². The summed E-state index contributed by atoms with van der Waals surface area (Å²) in [7, 11) is 0. The lowest BCUT2D eigenvalue weighted by molar-refractivity contribution is 0.249. The number of urea groups is 1. The van der Waals surface area contributed by atoms with Gasteiger partial charge < -0.3 is 15.2 Å². The van der Waals surface area contributed by atoms with Crippen LogP contribution in [-0.2, 0) is 0 Å². The number of halogens is 1. The van der Waals surface area contributed by atoms with Gasteiger partial charge >= 0.3 is 6.03 Å². The largest absolute Gasteiger partial charge is 0.335 e. The van der Waals surface area contributed by atoms with Crippen LogP contribution in [-0.4, -0.2) is 27.2 Å². The maximum absolute atomic E-state index is 11.9. The van der Waals surface area contributed by atoms with Crippen LogP contribution in [0.2, 0.25) is 0 Å². The predicted octanol–water partition coefficient (Wildman–Crippen LogP) is 4.48. The molecule has 0 spiro atoms. The van der Waals surface area contributed by atoms with Crippen molar-refractivity contribution in [3.8, 4) is 22.8 Å². The van der Waals surface area contributed by atoms with Gasteiger partial charge in [0.2, 0.25) is 5.82 Å². The lowest BCUT2D eigenvalue weighted by Gasteiger charge is -2.12. The number of anilines is 1. The molecular formula is C18H18BrN5O2. The molecule has 0 aliphatic heterocycles. The molecule has 8 heteroatoms. The second-order valence-electron chi connectivity index (χ2n) is 5.80. The standard InChI is InChI=1S/C18H18BrN5O2/c1-3-11(2)21-18(25)22-15-6-4-12(5-7-15)16-23-17(26-24-16)13-8-14(19)10-20-9-13/h4-11H,3H2,1-2H3,(H2,21,22,25)/t11-/m0/s1. The summed E-state index contributed by atoms with van der Waals surface area (Å²) >= 11 is 3.37. The molecule has 2 heterocycles. The molecule has 0 bridgehead atoms. The minimum Gasteiger partial charge on any atom is -0.335 e. The van der Waals surface area contributed by atoms with Crippen LogP contribution in [0.25, 0.3) is 22.8 Å². The zero-order chi connectivity index (χ0) is 18.5. The van der Waals surface area contributed by atoms with Gasteiger partial charge in [-0.1, -0.05) is 12.1 Å². The lowest BCUT2D eigenvalue weighted by atomic mass is 10.2. The molecule has 134 valence electrons. The van der Waals surface area contributed by atoms with Crippen molar-refractivity contribution in [1.82, 2.24) is 20.4 Å². The minimum atomic E-state index is -0.226. The summed E-state index contributed by atoms with van der Waals surface area (Å²) in [5.41, 5.74) is 2.21. The molecule has 2 aromatic heterocycles. The SMILES string of the molecule is CC[C@H](C)NC(=O)Nc1ccc(-c2noc(-c3cncc(Br)c3)n2)cc1. The van der Waals surface area contributed by atoms with Crippen LogP contribution in [0.3, 0.4) is 0 Å². The number of nitrogens with one attached hydrogen (secondary N) is 2. The van der Waals surface area contributed by atoms with Crippen LogP contribution in [0, 0.1) is 0 Å². The van der Waals surface area contributed by atoms with Crippen LogP contribution in [0.4, 0.5) is 10.5 Å². The maximum atomic E-state index is 11.9. The molecule has 3 rings (SSSR count). The number of carbonyl (C=O) groups excluding carboxylic acids is 1. The highest BCUT2D eigenvalue weighted by Crippen LogP contribution is 2.24. The molecule has 0 aliphatic rings. The van der Waals surface area contributed by atoms with Crippen LogP contribution in [0.5, 0.6) is 0 Å². The number of pyridine rings is 1. The first-order valence-electron chi connectivity index (χ1n) is 8.17. The van der Waals surface area contributed by atoms with E-state index in [1.165, 1.54) is 0 Å². The number of carbonyl (C=O) groups is 1. The molecule has 0 fully saturated rings. The summed E-state index contributed by atoms with van der Waals surface area (Å²) in [5.74, 6) is 0.861. The Balaban J connectivity index is 1.70. The van der Waals surface area contributed by atoms with Crippen molar-refractivity contribution in [2.24, 2.45) is 0 Å². The smallest absolute Gasteiger partial charge is 0.319 e. The minimum absolute atomic E-state index is 0.125. The van der Waals surface area contributed by atoms with Crippen LogP contribution in [0.1, 0.15) is 20.3 Å². The topological polar surface area (TPSA) is 92.9 Å². The Hall–Kier alpha value is -2.74. The van der Waals surface area contributed by atoms with Crippen molar-refractivity contribution >= 4 is 27.6 Å². The zero-order valence-corrected chi connectivity index (χ0v) is 15.9. The second kappa shape index (κ2) is 8.09. The summed E-state index contributed by atoms with van der Waals surface area (Å²) in [4.78, 5) is 20.3. The van der Waals surface area contributed by atoms with E-state index < -0.39 is 0 Å². The average molecular weight is 416 g/mol. The summed E-state index contributed by atoms with van der Waals surface area (Å²) in [5, 5.41) is 9.65. The van der Waals surface area contributed by atoms with E-state index >= 15 is 0 Å². The molecule has 0 unspecified atom stereocenters. The number of amides is 2. The second-order valence-corrected chi connectivity index (χ2v) is 6.72. The van der Waals surface area contributed by atoms with E-state index in [2.05, 4.69) is 41.7 Å². The number of aromatic nitrogens is 3. The number of hydrogen-bond acceptors (Lipinski definition) is 5. The lowest BCUT2D eigenvalue weighted by Crippen LogP contribution is -2.35. The van der Waals surface area contributed by atoms with Gasteiger partial charge in [0.25, 0.3) is 5.89 Å². The molecule has 0 radical (unpaired) electrons. The number of hydrogen-bond donors (Lipinski definition) is 2. The van der Waals surface area contributed by atoms with Crippen molar-refractivity contribution in [3.63, 3.8) is 0 Å². The Bertz CT molecular complexity index is 895. The molecule has 2 N–H and O–H groups in total. The van der Waals surface area contributed by atoms with Crippen molar-refractivity contribution in [1.29, 1.82) is 0 Å². The number of benzene rings is 1. The molecule has 0 saturated heterocycles. The molecule has 2 amide bonds. The molecule has 1 atom stereocenters. The molecular weight excluding hydrogens is 398 g/mol. The normalized spacial score (nSPS) is 11.8. The summed E-state index contributed by atoms with van der Waals surface area (Å²) in [6.45, 7) is 3.97. The fourth-order valence-corrected chi connectivity index (χ4v) is 2.55.